The molecule has 1 aromatic carbocycles. The van der Waals surface area contributed by atoms with Crippen LogP contribution in [-0.4, -0.2) is 17.8 Å². The van der Waals surface area contributed by atoms with Gasteiger partial charge in [-0.15, -0.1) is 0 Å². The lowest BCUT2D eigenvalue weighted by Crippen LogP contribution is -2.28. The van der Waals surface area contributed by atoms with Crippen molar-refractivity contribution in [1.29, 1.82) is 0 Å². The molecule has 2 rings (SSSR count). The second kappa shape index (κ2) is 4.35. The molecular formula is C12H13FOS. The second-order valence-electron chi connectivity index (χ2n) is 3.83. The Morgan fingerprint density at radius 1 is 1.40 bits per heavy atom. The summed E-state index contributed by atoms with van der Waals surface area (Å²) in [7, 11) is 0. The van der Waals surface area contributed by atoms with Gasteiger partial charge in [-0.2, -0.15) is 11.8 Å². The smallest absolute Gasteiger partial charge is 0.150 e. The highest BCUT2D eigenvalue weighted by atomic mass is 32.2. The molecule has 15 heavy (non-hydrogen) atoms. The van der Waals surface area contributed by atoms with Crippen LogP contribution in [0.3, 0.4) is 0 Å². The van der Waals surface area contributed by atoms with Crippen molar-refractivity contribution in [3.05, 3.63) is 35.4 Å². The highest BCUT2D eigenvalue weighted by Crippen LogP contribution is 2.40. The molecule has 80 valence electrons. The Bertz CT molecular complexity index is 358. The monoisotopic (exact) mass is 224 g/mol. The average Bonchev–Trinajstić information content (AvgIpc) is 2.30. The number of aldehydes is 1. The van der Waals surface area contributed by atoms with Crippen molar-refractivity contribution in [3.8, 4) is 0 Å². The second-order valence-corrected chi connectivity index (χ2v) is 4.93. The van der Waals surface area contributed by atoms with Gasteiger partial charge in [0.25, 0.3) is 0 Å². The van der Waals surface area contributed by atoms with Crippen molar-refractivity contribution >= 4 is 18.0 Å². The van der Waals surface area contributed by atoms with Crippen molar-refractivity contribution in [2.75, 3.05) is 11.5 Å². The Balaban J connectivity index is 2.38. The number of benzene rings is 1. The van der Waals surface area contributed by atoms with E-state index in [2.05, 4.69) is 0 Å². The van der Waals surface area contributed by atoms with E-state index in [1.807, 2.05) is 0 Å². The number of rotatable bonds is 2. The molecule has 1 heterocycles. The van der Waals surface area contributed by atoms with Gasteiger partial charge in [-0.25, -0.2) is 4.39 Å². The summed E-state index contributed by atoms with van der Waals surface area (Å²) in [6, 6.07) is 6.98. The van der Waals surface area contributed by atoms with Gasteiger partial charge in [0.2, 0.25) is 0 Å². The van der Waals surface area contributed by atoms with E-state index in [1.54, 1.807) is 36.0 Å². The minimum atomic E-state index is -1.31. The standard InChI is InChI=1S/C12H13FOS/c13-12(6-3-7-15-9-12)11-5-2-1-4-10(11)8-14/h1-2,4-5,8H,3,6-7,9H2. The summed E-state index contributed by atoms with van der Waals surface area (Å²) in [5.41, 5.74) is -0.254. The molecule has 1 saturated heterocycles. The van der Waals surface area contributed by atoms with Crippen LogP contribution in [0, 0.1) is 0 Å². The number of hydrogen-bond donors (Lipinski definition) is 0. The molecule has 3 heteroatoms. The van der Waals surface area contributed by atoms with E-state index in [1.165, 1.54) is 0 Å². The SMILES string of the molecule is O=Cc1ccccc1C1(F)CCCSC1. The van der Waals surface area contributed by atoms with Crippen LogP contribution in [-0.2, 0) is 5.67 Å². The quantitative estimate of drug-likeness (QED) is 0.718. The Kier molecular flexibility index (Phi) is 3.10. The molecule has 0 saturated carbocycles. The summed E-state index contributed by atoms with van der Waals surface area (Å²) in [4.78, 5) is 10.8. The van der Waals surface area contributed by atoms with Crippen LogP contribution < -0.4 is 0 Å². The van der Waals surface area contributed by atoms with E-state index in [-0.39, 0.29) is 0 Å². The van der Waals surface area contributed by atoms with Gasteiger partial charge in [0.1, 0.15) is 12.0 Å². The van der Waals surface area contributed by atoms with Gasteiger partial charge >= 0.3 is 0 Å². The van der Waals surface area contributed by atoms with E-state index in [9.17, 15) is 9.18 Å². The van der Waals surface area contributed by atoms with Gasteiger partial charge in [0, 0.05) is 16.9 Å². The third-order valence-corrected chi connectivity index (χ3v) is 4.00. The van der Waals surface area contributed by atoms with Crippen molar-refractivity contribution in [1.82, 2.24) is 0 Å². The fourth-order valence-electron chi connectivity index (χ4n) is 1.98. The van der Waals surface area contributed by atoms with Gasteiger partial charge in [-0.3, -0.25) is 4.79 Å². The van der Waals surface area contributed by atoms with Crippen molar-refractivity contribution in [3.63, 3.8) is 0 Å². The van der Waals surface area contributed by atoms with Crippen molar-refractivity contribution < 1.29 is 9.18 Å². The zero-order chi connectivity index (χ0) is 10.7. The molecule has 0 bridgehead atoms. The Morgan fingerprint density at radius 3 is 2.87 bits per heavy atom. The molecule has 1 aliphatic rings. The largest absolute Gasteiger partial charge is 0.298 e. The molecule has 0 aromatic heterocycles. The zero-order valence-electron chi connectivity index (χ0n) is 8.41. The molecular weight excluding hydrogens is 211 g/mol. The minimum absolute atomic E-state index is 0.470. The normalized spacial score (nSPS) is 26.2. The first-order valence-corrected chi connectivity index (χ1v) is 6.23. The molecule has 1 aromatic rings. The first-order valence-electron chi connectivity index (χ1n) is 5.08. The van der Waals surface area contributed by atoms with Crippen LogP contribution in [0.25, 0.3) is 0 Å². The number of carbonyl (C=O) groups is 1. The Hall–Kier alpha value is -0.830. The highest BCUT2D eigenvalue weighted by Gasteiger charge is 2.35. The molecule has 0 spiro atoms. The summed E-state index contributed by atoms with van der Waals surface area (Å²) in [5.74, 6) is 1.49. The fraction of sp³-hybridized carbons (Fsp3) is 0.417. The van der Waals surface area contributed by atoms with E-state index in [4.69, 9.17) is 0 Å². The summed E-state index contributed by atoms with van der Waals surface area (Å²) in [5, 5.41) is 0. The molecule has 0 aliphatic carbocycles. The highest BCUT2D eigenvalue weighted by molar-refractivity contribution is 7.99. The summed E-state index contributed by atoms with van der Waals surface area (Å²) < 4.78 is 14.6. The van der Waals surface area contributed by atoms with Gasteiger partial charge < -0.3 is 0 Å². The van der Waals surface area contributed by atoms with Crippen LogP contribution in [0.2, 0.25) is 0 Å². The van der Waals surface area contributed by atoms with E-state index >= 15 is 0 Å². The van der Waals surface area contributed by atoms with E-state index in [0.29, 0.717) is 23.3 Å². The first kappa shape index (κ1) is 10.7. The predicted octanol–water partition coefficient (Wildman–Crippen LogP) is 3.19. The van der Waals surface area contributed by atoms with E-state index in [0.717, 1.165) is 18.5 Å². The minimum Gasteiger partial charge on any atom is -0.298 e. The van der Waals surface area contributed by atoms with E-state index < -0.39 is 5.67 Å². The third kappa shape index (κ3) is 2.07. The topological polar surface area (TPSA) is 17.1 Å². The molecule has 0 N–H and O–H groups in total. The first-order chi connectivity index (χ1) is 7.26. The molecule has 0 amide bonds. The van der Waals surface area contributed by atoms with Gasteiger partial charge in [0.05, 0.1) is 0 Å². The number of thioether (sulfide) groups is 1. The maximum atomic E-state index is 14.6. The Morgan fingerprint density at radius 2 is 2.20 bits per heavy atom. The third-order valence-electron chi connectivity index (χ3n) is 2.76. The lowest BCUT2D eigenvalue weighted by molar-refractivity contribution is 0.111. The zero-order valence-corrected chi connectivity index (χ0v) is 9.23. The maximum Gasteiger partial charge on any atom is 0.150 e. The molecule has 1 aliphatic heterocycles. The van der Waals surface area contributed by atoms with Crippen LogP contribution in [0.4, 0.5) is 4.39 Å². The van der Waals surface area contributed by atoms with Crippen molar-refractivity contribution in [2.45, 2.75) is 18.5 Å². The van der Waals surface area contributed by atoms with Crippen LogP contribution in [0.15, 0.2) is 24.3 Å². The summed E-state index contributed by atoms with van der Waals surface area (Å²) in [6.45, 7) is 0. The number of halogens is 1. The van der Waals surface area contributed by atoms with Gasteiger partial charge in [-0.05, 0) is 18.6 Å². The number of alkyl halides is 1. The number of hydrogen-bond acceptors (Lipinski definition) is 2. The van der Waals surface area contributed by atoms with Crippen LogP contribution >= 0.6 is 11.8 Å². The predicted molar refractivity (Wildman–Crippen MR) is 61.2 cm³/mol. The van der Waals surface area contributed by atoms with Gasteiger partial charge in [-0.1, -0.05) is 24.3 Å². The number of carbonyl (C=O) groups excluding carboxylic acids is 1. The lowest BCUT2D eigenvalue weighted by Gasteiger charge is -2.30. The van der Waals surface area contributed by atoms with Crippen molar-refractivity contribution in [2.24, 2.45) is 0 Å². The Labute approximate surface area is 93.1 Å². The molecule has 1 atom stereocenters. The molecule has 1 fully saturated rings. The molecule has 1 unspecified atom stereocenters. The average molecular weight is 224 g/mol. The summed E-state index contributed by atoms with van der Waals surface area (Å²) in [6.07, 6.45) is 2.16. The molecule has 0 radical (unpaired) electrons. The van der Waals surface area contributed by atoms with Crippen LogP contribution in [0.1, 0.15) is 28.8 Å². The molecule has 1 nitrogen and oxygen atoms in total. The lowest BCUT2D eigenvalue weighted by atomic mass is 9.89. The van der Waals surface area contributed by atoms with Gasteiger partial charge in [0.15, 0.2) is 0 Å². The maximum absolute atomic E-state index is 14.6. The summed E-state index contributed by atoms with van der Waals surface area (Å²) >= 11 is 1.62. The fourth-order valence-corrected chi connectivity index (χ4v) is 3.10. The van der Waals surface area contributed by atoms with Crippen LogP contribution in [0.5, 0.6) is 0 Å².